The molecule has 0 saturated heterocycles. The number of carbonyl (C=O) groups excluding carboxylic acids is 2. The van der Waals surface area contributed by atoms with Gasteiger partial charge in [-0.15, -0.1) is 0 Å². The van der Waals surface area contributed by atoms with Crippen molar-refractivity contribution in [3.63, 3.8) is 0 Å². The molecule has 0 aliphatic rings. The molecule has 0 aliphatic carbocycles. The van der Waals surface area contributed by atoms with Crippen LogP contribution in [0.5, 0.6) is 0 Å². The summed E-state index contributed by atoms with van der Waals surface area (Å²) < 4.78 is 0. The van der Waals surface area contributed by atoms with Gasteiger partial charge in [0.05, 0.1) is 6.21 Å². The molecule has 0 radical (unpaired) electrons. The molecule has 0 atom stereocenters. The Labute approximate surface area is 153 Å². The molecule has 0 spiro atoms. The molecule has 0 heterocycles. The summed E-state index contributed by atoms with van der Waals surface area (Å²) in [5.41, 5.74) is 6.25. The van der Waals surface area contributed by atoms with E-state index in [4.69, 9.17) is 0 Å². The van der Waals surface area contributed by atoms with Gasteiger partial charge in [-0.2, -0.15) is 5.10 Å². The fourth-order valence-electron chi connectivity index (χ4n) is 2.18. The molecule has 0 bridgehead atoms. The Hall–Kier alpha value is -3.15. The van der Waals surface area contributed by atoms with E-state index in [1.54, 1.807) is 6.21 Å². The molecule has 2 N–H and O–H groups in total. The third kappa shape index (κ3) is 6.39. The predicted molar refractivity (Wildman–Crippen MR) is 106 cm³/mol. The average molecular weight is 352 g/mol. The van der Waals surface area contributed by atoms with E-state index in [1.165, 1.54) is 0 Å². The van der Waals surface area contributed by atoms with Crippen LogP contribution in [-0.2, 0) is 9.59 Å². The summed E-state index contributed by atoms with van der Waals surface area (Å²) in [6.45, 7) is 1.98. The average Bonchev–Trinajstić information content (AvgIpc) is 2.62. The van der Waals surface area contributed by atoms with Gasteiger partial charge in [0, 0.05) is 38.3 Å². The molecule has 0 aliphatic heterocycles. The topological polar surface area (TPSA) is 73.8 Å². The molecule has 0 unspecified atom stereocenters. The number of rotatable bonds is 7. The van der Waals surface area contributed by atoms with E-state index >= 15 is 0 Å². The van der Waals surface area contributed by atoms with Crippen molar-refractivity contribution < 1.29 is 9.59 Å². The van der Waals surface area contributed by atoms with Crippen LogP contribution in [0, 0.1) is 6.92 Å². The van der Waals surface area contributed by atoms with Crippen LogP contribution in [0.1, 0.15) is 24.0 Å². The van der Waals surface area contributed by atoms with Crippen LogP contribution in [-0.4, -0.2) is 32.1 Å². The maximum Gasteiger partial charge on any atom is 0.240 e. The molecule has 6 heteroatoms. The Morgan fingerprint density at radius 2 is 1.58 bits per heavy atom. The summed E-state index contributed by atoms with van der Waals surface area (Å²) in [7, 11) is 3.94. The van der Waals surface area contributed by atoms with Crippen molar-refractivity contribution in [2.75, 3.05) is 24.3 Å². The Morgan fingerprint density at radius 1 is 0.962 bits per heavy atom. The highest BCUT2D eigenvalue weighted by Gasteiger charge is 2.06. The van der Waals surface area contributed by atoms with Crippen LogP contribution in [0.3, 0.4) is 0 Å². The fraction of sp³-hybridized carbons (Fsp3) is 0.250. The van der Waals surface area contributed by atoms with Crippen LogP contribution in [0.4, 0.5) is 11.4 Å². The van der Waals surface area contributed by atoms with Crippen LogP contribution in [0.2, 0.25) is 0 Å². The molecular formula is C20H24N4O2. The minimum Gasteiger partial charge on any atom is -0.378 e. The van der Waals surface area contributed by atoms with Crippen molar-refractivity contribution in [1.29, 1.82) is 0 Å². The first kappa shape index (κ1) is 19.2. The molecule has 6 nitrogen and oxygen atoms in total. The van der Waals surface area contributed by atoms with Crippen LogP contribution >= 0.6 is 0 Å². The SMILES string of the molecule is Cc1ccc(NC(=O)CCC(=O)N/N=C/c2ccc(N(C)C)cc2)cc1. The van der Waals surface area contributed by atoms with Gasteiger partial charge in [-0.05, 0) is 36.8 Å². The van der Waals surface area contributed by atoms with Crippen LogP contribution in [0.25, 0.3) is 0 Å². The van der Waals surface area contributed by atoms with E-state index in [0.29, 0.717) is 0 Å². The lowest BCUT2D eigenvalue weighted by molar-refractivity contribution is -0.124. The molecule has 2 amide bonds. The minimum absolute atomic E-state index is 0.0780. The highest BCUT2D eigenvalue weighted by molar-refractivity contribution is 5.93. The zero-order chi connectivity index (χ0) is 18.9. The third-order valence-corrected chi connectivity index (χ3v) is 3.73. The number of amides is 2. The van der Waals surface area contributed by atoms with Gasteiger partial charge in [0.25, 0.3) is 0 Å². The number of hydrogen-bond acceptors (Lipinski definition) is 4. The lowest BCUT2D eigenvalue weighted by atomic mass is 10.2. The van der Waals surface area contributed by atoms with E-state index in [9.17, 15) is 9.59 Å². The second-order valence-electron chi connectivity index (χ2n) is 6.19. The van der Waals surface area contributed by atoms with Crippen molar-refractivity contribution in [2.24, 2.45) is 5.10 Å². The van der Waals surface area contributed by atoms with Gasteiger partial charge in [0.2, 0.25) is 11.8 Å². The maximum atomic E-state index is 11.9. The Kier molecular flexibility index (Phi) is 6.91. The van der Waals surface area contributed by atoms with E-state index in [1.807, 2.05) is 74.4 Å². The Balaban J connectivity index is 1.72. The maximum absolute atomic E-state index is 11.9. The number of benzene rings is 2. The molecule has 2 aromatic rings. The lowest BCUT2D eigenvalue weighted by Crippen LogP contribution is -2.20. The number of carbonyl (C=O) groups is 2. The van der Waals surface area contributed by atoms with Crippen molar-refractivity contribution in [2.45, 2.75) is 19.8 Å². The van der Waals surface area contributed by atoms with Crippen molar-refractivity contribution >= 4 is 29.4 Å². The standard InChI is InChI=1S/C20H24N4O2/c1-15-4-8-17(9-5-15)22-19(25)12-13-20(26)23-21-14-16-6-10-18(11-7-16)24(2)3/h4-11,14H,12-13H2,1-3H3,(H,22,25)(H,23,26)/b21-14+. The number of hydrogen-bond donors (Lipinski definition) is 2. The number of hydrazone groups is 1. The molecular weight excluding hydrogens is 328 g/mol. The smallest absolute Gasteiger partial charge is 0.240 e. The Bertz CT molecular complexity index is 765. The zero-order valence-electron chi connectivity index (χ0n) is 15.3. The van der Waals surface area contributed by atoms with E-state index in [0.717, 1.165) is 22.5 Å². The quantitative estimate of drug-likeness (QED) is 0.594. The largest absolute Gasteiger partial charge is 0.378 e. The second kappa shape index (κ2) is 9.36. The van der Waals surface area contributed by atoms with Gasteiger partial charge in [-0.3, -0.25) is 9.59 Å². The van der Waals surface area contributed by atoms with Crippen molar-refractivity contribution in [3.8, 4) is 0 Å². The highest BCUT2D eigenvalue weighted by atomic mass is 16.2. The van der Waals surface area contributed by atoms with Gasteiger partial charge in [-0.1, -0.05) is 29.8 Å². The van der Waals surface area contributed by atoms with Gasteiger partial charge >= 0.3 is 0 Å². The van der Waals surface area contributed by atoms with Crippen molar-refractivity contribution in [1.82, 2.24) is 5.43 Å². The first-order chi connectivity index (χ1) is 12.4. The summed E-state index contributed by atoms with van der Waals surface area (Å²) in [4.78, 5) is 25.6. The van der Waals surface area contributed by atoms with Gasteiger partial charge in [-0.25, -0.2) is 5.43 Å². The fourth-order valence-corrected chi connectivity index (χ4v) is 2.18. The molecule has 0 saturated carbocycles. The summed E-state index contributed by atoms with van der Waals surface area (Å²) in [5.74, 6) is -0.502. The first-order valence-electron chi connectivity index (χ1n) is 8.40. The minimum atomic E-state index is -0.301. The highest BCUT2D eigenvalue weighted by Crippen LogP contribution is 2.11. The molecule has 2 aromatic carbocycles. The lowest BCUT2D eigenvalue weighted by Gasteiger charge is -2.11. The molecule has 26 heavy (non-hydrogen) atoms. The first-order valence-corrected chi connectivity index (χ1v) is 8.40. The van der Waals surface area contributed by atoms with Gasteiger partial charge in [0.1, 0.15) is 0 Å². The number of nitrogens with one attached hydrogen (secondary N) is 2. The Morgan fingerprint density at radius 3 is 2.19 bits per heavy atom. The van der Waals surface area contributed by atoms with Gasteiger partial charge < -0.3 is 10.2 Å². The van der Waals surface area contributed by atoms with Crippen LogP contribution in [0.15, 0.2) is 53.6 Å². The monoisotopic (exact) mass is 352 g/mol. The summed E-state index contributed by atoms with van der Waals surface area (Å²) in [6.07, 6.45) is 1.76. The third-order valence-electron chi connectivity index (χ3n) is 3.73. The van der Waals surface area contributed by atoms with E-state index in [2.05, 4.69) is 15.8 Å². The van der Waals surface area contributed by atoms with E-state index < -0.39 is 0 Å². The number of anilines is 2. The van der Waals surface area contributed by atoms with E-state index in [-0.39, 0.29) is 24.7 Å². The van der Waals surface area contributed by atoms with Gasteiger partial charge in [0.15, 0.2) is 0 Å². The summed E-state index contributed by atoms with van der Waals surface area (Å²) in [5, 5.41) is 6.68. The molecule has 0 fully saturated rings. The van der Waals surface area contributed by atoms with Crippen LogP contribution < -0.4 is 15.6 Å². The second-order valence-corrected chi connectivity index (χ2v) is 6.19. The number of aryl methyl sites for hydroxylation is 1. The summed E-state index contributed by atoms with van der Waals surface area (Å²) >= 11 is 0. The zero-order valence-corrected chi connectivity index (χ0v) is 15.3. The predicted octanol–water partition coefficient (Wildman–Crippen LogP) is 2.93. The summed E-state index contributed by atoms with van der Waals surface area (Å²) in [6, 6.07) is 15.3. The van der Waals surface area contributed by atoms with Crippen molar-refractivity contribution in [3.05, 3.63) is 59.7 Å². The number of nitrogens with zero attached hydrogens (tertiary/aromatic N) is 2. The molecule has 136 valence electrons. The molecule has 2 rings (SSSR count). The normalized spacial score (nSPS) is 10.6. The molecule has 0 aromatic heterocycles.